The predicted octanol–water partition coefficient (Wildman–Crippen LogP) is 4.21. The minimum Gasteiger partial charge on any atom is -0.493 e. The lowest BCUT2D eigenvalue weighted by Gasteiger charge is -2.52. The molecule has 7 heteroatoms. The summed E-state index contributed by atoms with van der Waals surface area (Å²) in [6.07, 6.45) is 2.36. The number of ether oxygens (including phenoxy) is 2. The Balaban J connectivity index is 1.59. The number of benzene rings is 1. The number of aliphatic hydroxyl groups is 2. The van der Waals surface area contributed by atoms with Gasteiger partial charge < -0.3 is 24.1 Å². The van der Waals surface area contributed by atoms with Gasteiger partial charge in [-0.25, -0.2) is 4.79 Å². The first kappa shape index (κ1) is 25.2. The van der Waals surface area contributed by atoms with Crippen molar-refractivity contribution in [1.29, 1.82) is 0 Å². The van der Waals surface area contributed by atoms with E-state index in [-0.39, 0.29) is 24.6 Å². The molecule has 33 heavy (non-hydrogen) atoms. The van der Waals surface area contributed by atoms with E-state index >= 15 is 0 Å². The Labute approximate surface area is 194 Å². The van der Waals surface area contributed by atoms with E-state index in [0.717, 1.165) is 5.39 Å². The predicted molar refractivity (Wildman–Crippen MR) is 125 cm³/mol. The van der Waals surface area contributed by atoms with Crippen molar-refractivity contribution in [2.45, 2.75) is 84.0 Å². The number of rotatable bonds is 8. The molecule has 0 radical (unpaired) electrons. The van der Waals surface area contributed by atoms with Crippen molar-refractivity contribution in [3.8, 4) is 5.75 Å². The minimum absolute atomic E-state index is 0.140. The second-order valence-corrected chi connectivity index (χ2v) is 10.5. The summed E-state index contributed by atoms with van der Waals surface area (Å²) in [6.45, 7) is 9.34. The lowest BCUT2D eigenvalue weighted by molar-refractivity contribution is -0.182. The van der Waals surface area contributed by atoms with Gasteiger partial charge in [-0.1, -0.05) is 13.8 Å². The van der Waals surface area contributed by atoms with Crippen molar-refractivity contribution in [3.63, 3.8) is 0 Å². The van der Waals surface area contributed by atoms with Crippen LogP contribution >= 0.6 is 0 Å². The highest BCUT2D eigenvalue weighted by atomic mass is 16.5. The van der Waals surface area contributed by atoms with Gasteiger partial charge in [0.2, 0.25) is 0 Å². The van der Waals surface area contributed by atoms with Gasteiger partial charge in [-0.05, 0) is 63.6 Å². The van der Waals surface area contributed by atoms with Crippen LogP contribution in [0.1, 0.15) is 66.7 Å². The molecule has 0 spiro atoms. The van der Waals surface area contributed by atoms with Gasteiger partial charge in [0.05, 0.1) is 17.8 Å². The lowest BCUT2D eigenvalue weighted by Crippen LogP contribution is -2.55. The van der Waals surface area contributed by atoms with Crippen LogP contribution in [0.2, 0.25) is 0 Å². The first-order chi connectivity index (χ1) is 15.3. The van der Waals surface area contributed by atoms with E-state index in [9.17, 15) is 19.8 Å². The highest BCUT2D eigenvalue weighted by molar-refractivity contribution is 5.77. The quantitative estimate of drug-likeness (QED) is 0.449. The Morgan fingerprint density at radius 3 is 2.61 bits per heavy atom. The molecule has 1 aromatic carbocycles. The smallest absolute Gasteiger partial charge is 0.336 e. The number of carbonyl (C=O) groups is 1. The second-order valence-electron chi connectivity index (χ2n) is 10.5. The molecule has 0 bridgehead atoms. The molecule has 0 unspecified atom stereocenters. The molecule has 1 heterocycles. The molecular formula is C26H36O7. The zero-order valence-electron chi connectivity index (χ0n) is 20.2. The Hall–Kier alpha value is -2.38. The third kappa shape index (κ3) is 6.15. The number of esters is 1. The Morgan fingerprint density at radius 1 is 1.21 bits per heavy atom. The monoisotopic (exact) mass is 460 g/mol. The number of hydrogen-bond acceptors (Lipinski definition) is 7. The maximum absolute atomic E-state index is 11.5. The van der Waals surface area contributed by atoms with E-state index in [2.05, 4.69) is 0 Å². The standard InChI is InChI=1S/C26H36O7/c1-17(27)32-22-11-13-26(5,30)21(24(22,2)3)10-12-25(4,29)14-15-31-19-8-6-18-7-9-23(28)33-20(18)16-19/h6-9,16,21-22,29-30H,10-15H2,1-5H3/t21-,22+,25-,26-/m0/s1. The van der Waals surface area contributed by atoms with Crippen LogP contribution in [0.4, 0.5) is 0 Å². The van der Waals surface area contributed by atoms with Crippen molar-refractivity contribution >= 4 is 16.9 Å². The van der Waals surface area contributed by atoms with Crippen molar-refractivity contribution < 1.29 is 28.9 Å². The van der Waals surface area contributed by atoms with Gasteiger partial charge in [-0.15, -0.1) is 0 Å². The molecule has 0 aliphatic heterocycles. The van der Waals surface area contributed by atoms with Crippen LogP contribution < -0.4 is 10.4 Å². The van der Waals surface area contributed by atoms with Crippen molar-refractivity contribution in [2.75, 3.05) is 6.61 Å². The fraction of sp³-hybridized carbons (Fsp3) is 0.615. The molecule has 3 rings (SSSR count). The van der Waals surface area contributed by atoms with Crippen molar-refractivity contribution in [1.82, 2.24) is 0 Å². The van der Waals surface area contributed by atoms with E-state index in [1.165, 1.54) is 13.0 Å². The lowest BCUT2D eigenvalue weighted by atomic mass is 9.58. The number of fused-ring (bicyclic) bond motifs is 1. The van der Waals surface area contributed by atoms with Gasteiger partial charge in [-0.2, -0.15) is 0 Å². The Bertz CT molecular complexity index is 1030. The average Bonchev–Trinajstić information content (AvgIpc) is 2.69. The van der Waals surface area contributed by atoms with E-state index in [1.807, 2.05) is 26.8 Å². The van der Waals surface area contributed by atoms with Crippen molar-refractivity contribution in [3.05, 3.63) is 40.8 Å². The molecule has 7 nitrogen and oxygen atoms in total. The SMILES string of the molecule is CC(=O)O[C@@H]1CC[C@](C)(O)[C@@H](CC[C@](C)(O)CCOc2ccc3ccc(=O)oc3c2)C1(C)C. The second kappa shape index (κ2) is 9.47. The number of hydrogen-bond donors (Lipinski definition) is 2. The van der Waals surface area contributed by atoms with E-state index in [0.29, 0.717) is 43.4 Å². The zero-order valence-corrected chi connectivity index (χ0v) is 20.2. The fourth-order valence-corrected chi connectivity index (χ4v) is 5.19. The molecule has 2 N–H and O–H groups in total. The third-order valence-electron chi connectivity index (χ3n) is 7.18. The van der Waals surface area contributed by atoms with Gasteiger partial charge in [0.1, 0.15) is 17.4 Å². The molecule has 182 valence electrons. The first-order valence-electron chi connectivity index (χ1n) is 11.6. The maximum Gasteiger partial charge on any atom is 0.336 e. The van der Waals surface area contributed by atoms with Gasteiger partial charge in [-0.3, -0.25) is 4.79 Å². The van der Waals surface area contributed by atoms with Crippen LogP contribution in [-0.4, -0.2) is 40.1 Å². The molecule has 1 aromatic heterocycles. The largest absolute Gasteiger partial charge is 0.493 e. The molecule has 1 saturated carbocycles. The summed E-state index contributed by atoms with van der Waals surface area (Å²) < 4.78 is 16.5. The maximum atomic E-state index is 11.5. The average molecular weight is 461 g/mol. The Kier molecular flexibility index (Phi) is 7.24. The number of carbonyl (C=O) groups excluding carboxylic acids is 1. The van der Waals surface area contributed by atoms with Crippen molar-refractivity contribution in [2.24, 2.45) is 11.3 Å². The summed E-state index contributed by atoms with van der Waals surface area (Å²) in [5.74, 6) is 0.109. The summed E-state index contributed by atoms with van der Waals surface area (Å²) in [5.41, 5.74) is -2.28. The summed E-state index contributed by atoms with van der Waals surface area (Å²) in [4.78, 5) is 23.0. The topological polar surface area (TPSA) is 106 Å². The summed E-state index contributed by atoms with van der Waals surface area (Å²) in [7, 11) is 0. The van der Waals surface area contributed by atoms with Crippen LogP contribution in [-0.2, 0) is 9.53 Å². The molecule has 1 aliphatic carbocycles. The Morgan fingerprint density at radius 2 is 1.91 bits per heavy atom. The highest BCUT2D eigenvalue weighted by Gasteiger charge is 2.52. The molecule has 1 aliphatic rings. The fourth-order valence-electron chi connectivity index (χ4n) is 5.19. The molecule has 2 aromatic rings. The first-order valence-corrected chi connectivity index (χ1v) is 11.6. The van der Waals surface area contributed by atoms with Crippen LogP contribution in [0.15, 0.2) is 39.5 Å². The zero-order chi connectivity index (χ0) is 24.4. The van der Waals surface area contributed by atoms with Crippen LogP contribution in [0, 0.1) is 11.3 Å². The van der Waals surface area contributed by atoms with Gasteiger partial charge in [0.15, 0.2) is 0 Å². The summed E-state index contributed by atoms with van der Waals surface area (Å²) in [5, 5.41) is 22.9. The summed E-state index contributed by atoms with van der Waals surface area (Å²) in [6, 6.07) is 8.36. The molecule has 0 amide bonds. The third-order valence-corrected chi connectivity index (χ3v) is 7.18. The normalized spacial score (nSPS) is 26.5. The van der Waals surface area contributed by atoms with E-state index in [1.54, 1.807) is 25.1 Å². The van der Waals surface area contributed by atoms with Crippen LogP contribution in [0.5, 0.6) is 5.75 Å². The van der Waals surface area contributed by atoms with E-state index in [4.69, 9.17) is 13.9 Å². The molecule has 1 fully saturated rings. The molecular weight excluding hydrogens is 424 g/mol. The van der Waals surface area contributed by atoms with E-state index < -0.39 is 22.2 Å². The van der Waals surface area contributed by atoms with Crippen LogP contribution in [0.3, 0.4) is 0 Å². The summed E-state index contributed by atoms with van der Waals surface area (Å²) >= 11 is 0. The van der Waals surface area contributed by atoms with Gasteiger partial charge in [0, 0.05) is 36.3 Å². The molecule has 0 saturated heterocycles. The highest BCUT2D eigenvalue weighted by Crippen LogP contribution is 2.50. The minimum atomic E-state index is -0.996. The van der Waals surface area contributed by atoms with Gasteiger partial charge in [0.25, 0.3) is 0 Å². The van der Waals surface area contributed by atoms with Gasteiger partial charge >= 0.3 is 11.6 Å². The van der Waals surface area contributed by atoms with Crippen LogP contribution in [0.25, 0.3) is 11.0 Å². The molecule has 4 atom stereocenters.